The van der Waals surface area contributed by atoms with Gasteiger partial charge in [-0.25, -0.2) is 4.98 Å². The summed E-state index contributed by atoms with van der Waals surface area (Å²) in [5.74, 6) is 0.104. The molecule has 5 heteroatoms. The Hall–Kier alpha value is -0.940. The van der Waals surface area contributed by atoms with E-state index in [2.05, 4.69) is 15.6 Å². The summed E-state index contributed by atoms with van der Waals surface area (Å²) in [7, 11) is 0. The molecule has 1 aromatic rings. The van der Waals surface area contributed by atoms with Gasteiger partial charge < -0.3 is 10.6 Å². The van der Waals surface area contributed by atoms with Crippen molar-refractivity contribution in [1.29, 1.82) is 0 Å². The van der Waals surface area contributed by atoms with Crippen LogP contribution in [0.4, 0.5) is 0 Å². The van der Waals surface area contributed by atoms with Gasteiger partial charge in [-0.05, 0) is 26.3 Å². The van der Waals surface area contributed by atoms with Crippen molar-refractivity contribution < 1.29 is 4.79 Å². The number of rotatable bonds is 3. The van der Waals surface area contributed by atoms with Gasteiger partial charge in [-0.3, -0.25) is 4.79 Å². The Balaban J connectivity index is 1.78. The summed E-state index contributed by atoms with van der Waals surface area (Å²) >= 11 is 1.63. The Bertz CT molecular complexity index is 358. The molecule has 88 valence electrons. The average Bonchev–Trinajstić information content (AvgIpc) is 2.73. The van der Waals surface area contributed by atoms with Gasteiger partial charge >= 0.3 is 0 Å². The van der Waals surface area contributed by atoms with E-state index in [-0.39, 0.29) is 11.9 Å². The number of aromatic nitrogens is 1. The van der Waals surface area contributed by atoms with Gasteiger partial charge in [0.25, 0.3) is 0 Å². The summed E-state index contributed by atoms with van der Waals surface area (Å²) in [6, 6.07) is -0.00481. The zero-order valence-electron chi connectivity index (χ0n) is 9.45. The maximum absolute atomic E-state index is 11.8. The molecule has 0 spiro atoms. The highest BCUT2D eigenvalue weighted by molar-refractivity contribution is 7.11. The van der Waals surface area contributed by atoms with Gasteiger partial charge in [0.1, 0.15) is 5.01 Å². The number of aryl methyl sites for hydroxylation is 1. The molecule has 1 unspecified atom stereocenters. The lowest BCUT2D eigenvalue weighted by molar-refractivity contribution is -0.123. The number of nitrogens with zero attached hydrogens (tertiary/aromatic N) is 1. The summed E-state index contributed by atoms with van der Waals surface area (Å²) in [4.78, 5) is 17.2. The Kier molecular flexibility index (Phi) is 3.90. The lowest BCUT2D eigenvalue weighted by Gasteiger charge is -2.22. The molecular weight excluding hydrogens is 222 g/mol. The first kappa shape index (κ1) is 11.5. The summed E-state index contributed by atoms with van der Waals surface area (Å²) in [6.45, 7) is 3.52. The summed E-state index contributed by atoms with van der Waals surface area (Å²) in [5, 5.41) is 7.13. The highest BCUT2D eigenvalue weighted by Gasteiger charge is 2.19. The van der Waals surface area contributed by atoms with Crippen molar-refractivity contribution in [3.05, 3.63) is 16.1 Å². The van der Waals surface area contributed by atoms with E-state index in [1.165, 1.54) is 11.3 Å². The molecule has 0 radical (unpaired) electrons. The van der Waals surface area contributed by atoms with Crippen LogP contribution in [0.3, 0.4) is 0 Å². The highest BCUT2D eigenvalue weighted by Crippen LogP contribution is 2.11. The average molecular weight is 239 g/mol. The van der Waals surface area contributed by atoms with Crippen molar-refractivity contribution in [2.24, 2.45) is 0 Å². The van der Waals surface area contributed by atoms with Crippen molar-refractivity contribution in [2.45, 2.75) is 38.8 Å². The fraction of sp³-hybridized carbons (Fsp3) is 0.636. The molecule has 2 heterocycles. The van der Waals surface area contributed by atoms with Crippen LogP contribution in [0.5, 0.6) is 0 Å². The number of piperidine rings is 1. The zero-order valence-corrected chi connectivity index (χ0v) is 10.3. The quantitative estimate of drug-likeness (QED) is 0.833. The minimum atomic E-state index is -0.00481. The molecule has 1 amide bonds. The number of thiazole rings is 1. The SMILES string of the molecule is Cc1cnc(CNC(=O)C2CCCCN2)s1. The van der Waals surface area contributed by atoms with Gasteiger partial charge in [0.05, 0.1) is 12.6 Å². The maximum atomic E-state index is 11.8. The number of carbonyl (C=O) groups excluding carboxylic acids is 1. The standard InChI is InChI=1S/C11H17N3OS/c1-8-6-13-10(16-8)7-14-11(15)9-4-2-3-5-12-9/h6,9,12H,2-5,7H2,1H3,(H,14,15). The molecule has 2 N–H and O–H groups in total. The van der Waals surface area contributed by atoms with Crippen LogP contribution in [0.1, 0.15) is 29.1 Å². The fourth-order valence-electron chi connectivity index (χ4n) is 1.84. The van der Waals surface area contributed by atoms with Crippen LogP contribution < -0.4 is 10.6 Å². The largest absolute Gasteiger partial charge is 0.348 e. The number of hydrogen-bond donors (Lipinski definition) is 2. The van der Waals surface area contributed by atoms with Crippen molar-refractivity contribution in [3.8, 4) is 0 Å². The molecule has 1 saturated heterocycles. The number of carbonyl (C=O) groups is 1. The van der Waals surface area contributed by atoms with E-state index >= 15 is 0 Å². The molecule has 16 heavy (non-hydrogen) atoms. The lowest BCUT2D eigenvalue weighted by atomic mass is 10.0. The third-order valence-electron chi connectivity index (χ3n) is 2.71. The zero-order chi connectivity index (χ0) is 11.4. The normalized spacial score (nSPS) is 20.7. The topological polar surface area (TPSA) is 54.0 Å². The van der Waals surface area contributed by atoms with Crippen LogP contribution in [0.15, 0.2) is 6.20 Å². The number of hydrogen-bond acceptors (Lipinski definition) is 4. The minimum Gasteiger partial charge on any atom is -0.348 e. The molecule has 0 aromatic carbocycles. The van der Waals surface area contributed by atoms with Crippen molar-refractivity contribution in [1.82, 2.24) is 15.6 Å². The van der Waals surface area contributed by atoms with E-state index < -0.39 is 0 Å². The van der Waals surface area contributed by atoms with Gasteiger partial charge in [0, 0.05) is 11.1 Å². The maximum Gasteiger partial charge on any atom is 0.237 e. The third kappa shape index (κ3) is 3.02. The highest BCUT2D eigenvalue weighted by atomic mass is 32.1. The van der Waals surface area contributed by atoms with Crippen LogP contribution in [-0.2, 0) is 11.3 Å². The summed E-state index contributed by atoms with van der Waals surface area (Å²) in [6.07, 6.45) is 5.10. The van der Waals surface area contributed by atoms with E-state index in [4.69, 9.17) is 0 Å². The first-order valence-electron chi connectivity index (χ1n) is 5.68. The molecule has 1 aromatic heterocycles. The minimum absolute atomic E-state index is 0.00481. The van der Waals surface area contributed by atoms with E-state index in [0.717, 1.165) is 24.4 Å². The predicted octanol–water partition coefficient (Wildman–Crippen LogP) is 1.21. The number of nitrogens with one attached hydrogen (secondary N) is 2. The Labute approximate surface area is 99.5 Å². The molecule has 1 fully saturated rings. The van der Waals surface area contributed by atoms with Crippen LogP contribution in [-0.4, -0.2) is 23.5 Å². The van der Waals surface area contributed by atoms with Gasteiger partial charge in [-0.2, -0.15) is 0 Å². The van der Waals surface area contributed by atoms with Gasteiger partial charge in [0.2, 0.25) is 5.91 Å². The number of amides is 1. The second-order valence-electron chi connectivity index (χ2n) is 4.08. The van der Waals surface area contributed by atoms with Crippen LogP contribution in [0.25, 0.3) is 0 Å². The van der Waals surface area contributed by atoms with E-state index in [1.54, 1.807) is 11.3 Å². The molecule has 0 bridgehead atoms. The summed E-state index contributed by atoms with van der Waals surface area (Å²) in [5.41, 5.74) is 0. The second-order valence-corrected chi connectivity index (χ2v) is 5.40. The molecule has 2 rings (SSSR count). The third-order valence-corrected chi connectivity index (χ3v) is 3.62. The van der Waals surface area contributed by atoms with Crippen molar-refractivity contribution in [3.63, 3.8) is 0 Å². The first-order valence-corrected chi connectivity index (χ1v) is 6.50. The van der Waals surface area contributed by atoms with Gasteiger partial charge in [0.15, 0.2) is 0 Å². The molecule has 1 aliphatic heterocycles. The van der Waals surface area contributed by atoms with Crippen molar-refractivity contribution >= 4 is 17.2 Å². The molecule has 1 aliphatic rings. The summed E-state index contributed by atoms with van der Waals surface area (Å²) < 4.78 is 0. The first-order chi connectivity index (χ1) is 7.75. The van der Waals surface area contributed by atoms with E-state index in [1.807, 2.05) is 13.1 Å². The molecule has 4 nitrogen and oxygen atoms in total. The molecule has 1 atom stereocenters. The Morgan fingerprint density at radius 1 is 1.69 bits per heavy atom. The lowest BCUT2D eigenvalue weighted by Crippen LogP contribution is -2.46. The van der Waals surface area contributed by atoms with Crippen LogP contribution in [0.2, 0.25) is 0 Å². The molecular formula is C11H17N3OS. The second kappa shape index (κ2) is 5.41. The predicted molar refractivity (Wildman–Crippen MR) is 64.3 cm³/mol. The van der Waals surface area contributed by atoms with Gasteiger partial charge in [-0.1, -0.05) is 6.42 Å². The van der Waals surface area contributed by atoms with Crippen LogP contribution in [0, 0.1) is 6.92 Å². The van der Waals surface area contributed by atoms with E-state index in [0.29, 0.717) is 6.54 Å². The Morgan fingerprint density at radius 3 is 3.19 bits per heavy atom. The smallest absolute Gasteiger partial charge is 0.237 e. The molecule has 0 aliphatic carbocycles. The fourth-order valence-corrected chi connectivity index (χ4v) is 2.57. The Morgan fingerprint density at radius 2 is 2.56 bits per heavy atom. The van der Waals surface area contributed by atoms with Gasteiger partial charge in [-0.15, -0.1) is 11.3 Å². The molecule has 0 saturated carbocycles. The van der Waals surface area contributed by atoms with E-state index in [9.17, 15) is 4.79 Å². The van der Waals surface area contributed by atoms with Crippen molar-refractivity contribution in [2.75, 3.05) is 6.54 Å². The van der Waals surface area contributed by atoms with Crippen LogP contribution >= 0.6 is 11.3 Å². The monoisotopic (exact) mass is 239 g/mol.